The summed E-state index contributed by atoms with van der Waals surface area (Å²) in [4.78, 5) is 14.4. The van der Waals surface area contributed by atoms with Gasteiger partial charge in [-0.25, -0.2) is 0 Å². The van der Waals surface area contributed by atoms with Gasteiger partial charge in [0.2, 0.25) is 5.91 Å². The normalized spacial score (nSPS) is 15.3. The van der Waals surface area contributed by atoms with Crippen molar-refractivity contribution in [3.05, 3.63) is 71.3 Å². The van der Waals surface area contributed by atoms with Crippen LogP contribution in [0.2, 0.25) is 0 Å². The third-order valence-electron chi connectivity index (χ3n) is 4.98. The van der Waals surface area contributed by atoms with Gasteiger partial charge in [-0.2, -0.15) is 0 Å². The van der Waals surface area contributed by atoms with Gasteiger partial charge in [0.05, 0.1) is 6.54 Å². The second-order valence-electron chi connectivity index (χ2n) is 7.02. The Kier molecular flexibility index (Phi) is 5.00. The number of nitrogens with one attached hydrogen (secondary N) is 1. The maximum atomic E-state index is 12.3. The first-order chi connectivity index (χ1) is 11.6. The molecule has 2 aromatic rings. The lowest BCUT2D eigenvalue weighted by atomic mass is 9.96. The molecule has 3 heteroatoms. The van der Waals surface area contributed by atoms with E-state index in [9.17, 15) is 4.79 Å². The molecule has 3 rings (SSSR count). The minimum Gasteiger partial charge on any atom is -0.354 e. The number of hydrogen-bond donors (Lipinski definition) is 1. The summed E-state index contributed by atoms with van der Waals surface area (Å²) in [6.07, 6.45) is 2.33. The van der Waals surface area contributed by atoms with Crippen LogP contribution >= 0.6 is 0 Å². The van der Waals surface area contributed by atoms with Gasteiger partial charge < -0.3 is 5.32 Å². The highest BCUT2D eigenvalue weighted by Crippen LogP contribution is 2.47. The molecule has 0 aliphatic heterocycles. The topological polar surface area (TPSA) is 32.3 Å². The zero-order chi connectivity index (χ0) is 17.0. The van der Waals surface area contributed by atoms with Crippen molar-refractivity contribution >= 4 is 5.91 Å². The van der Waals surface area contributed by atoms with E-state index in [2.05, 4.69) is 53.5 Å². The molecule has 1 aliphatic rings. The van der Waals surface area contributed by atoms with Crippen molar-refractivity contribution in [3.63, 3.8) is 0 Å². The highest BCUT2D eigenvalue weighted by atomic mass is 16.2. The monoisotopic (exact) mass is 322 g/mol. The zero-order valence-electron chi connectivity index (χ0n) is 14.6. The molecule has 3 nitrogen and oxygen atoms in total. The molecule has 1 N–H and O–H groups in total. The number of rotatable bonds is 7. The fraction of sp³-hybridized carbons (Fsp3) is 0.381. The molecular formula is C21H26N2O. The molecule has 0 spiro atoms. The molecule has 0 heterocycles. The van der Waals surface area contributed by atoms with Crippen molar-refractivity contribution in [2.75, 3.05) is 20.1 Å². The standard InChI is InChI=1S/C21H26N2O/c1-17-8-6-7-9-18(17)14-23(2)15-20(24)22-16-21(12-13-21)19-10-4-3-5-11-19/h3-11H,12-16H2,1-2H3,(H,22,24). The smallest absolute Gasteiger partial charge is 0.234 e. The van der Waals surface area contributed by atoms with E-state index in [0.29, 0.717) is 6.54 Å². The predicted octanol–water partition coefficient (Wildman–Crippen LogP) is 3.27. The zero-order valence-corrected chi connectivity index (χ0v) is 14.6. The molecule has 1 aliphatic carbocycles. The van der Waals surface area contributed by atoms with E-state index in [-0.39, 0.29) is 11.3 Å². The van der Waals surface area contributed by atoms with Gasteiger partial charge in [-0.3, -0.25) is 9.69 Å². The number of likely N-dealkylation sites (N-methyl/N-ethyl adjacent to an activating group) is 1. The Labute approximate surface area is 144 Å². The first-order valence-corrected chi connectivity index (χ1v) is 8.64. The van der Waals surface area contributed by atoms with Gasteiger partial charge in [-0.05, 0) is 43.5 Å². The van der Waals surface area contributed by atoms with E-state index in [1.807, 2.05) is 25.2 Å². The predicted molar refractivity (Wildman–Crippen MR) is 97.9 cm³/mol. The fourth-order valence-corrected chi connectivity index (χ4v) is 3.21. The molecule has 2 aromatic carbocycles. The number of amides is 1. The van der Waals surface area contributed by atoms with Gasteiger partial charge in [0.1, 0.15) is 0 Å². The van der Waals surface area contributed by atoms with E-state index in [1.54, 1.807) is 0 Å². The summed E-state index contributed by atoms with van der Waals surface area (Å²) in [6, 6.07) is 18.9. The van der Waals surface area contributed by atoms with Crippen LogP contribution in [0.1, 0.15) is 29.5 Å². The lowest BCUT2D eigenvalue weighted by Crippen LogP contribution is -2.38. The second kappa shape index (κ2) is 7.18. The van der Waals surface area contributed by atoms with Gasteiger partial charge in [0.25, 0.3) is 0 Å². The van der Waals surface area contributed by atoms with Crippen LogP contribution in [0.25, 0.3) is 0 Å². The highest BCUT2D eigenvalue weighted by molar-refractivity contribution is 5.78. The summed E-state index contributed by atoms with van der Waals surface area (Å²) < 4.78 is 0. The molecule has 0 radical (unpaired) electrons. The summed E-state index contributed by atoms with van der Waals surface area (Å²) in [5, 5.41) is 3.13. The third-order valence-corrected chi connectivity index (χ3v) is 4.98. The first kappa shape index (κ1) is 16.7. The molecule has 0 atom stereocenters. The summed E-state index contributed by atoms with van der Waals surface area (Å²) in [6.45, 7) is 4.08. The average molecular weight is 322 g/mol. The van der Waals surface area contributed by atoms with Crippen LogP contribution in [0.5, 0.6) is 0 Å². The summed E-state index contributed by atoms with van der Waals surface area (Å²) in [7, 11) is 2.00. The molecule has 24 heavy (non-hydrogen) atoms. The summed E-state index contributed by atoms with van der Waals surface area (Å²) >= 11 is 0. The molecule has 0 saturated heterocycles. The molecular weight excluding hydrogens is 296 g/mol. The molecule has 0 aromatic heterocycles. The molecule has 0 bridgehead atoms. The van der Waals surface area contributed by atoms with Crippen LogP contribution in [-0.2, 0) is 16.8 Å². The molecule has 126 valence electrons. The maximum Gasteiger partial charge on any atom is 0.234 e. The van der Waals surface area contributed by atoms with Crippen molar-refractivity contribution < 1.29 is 4.79 Å². The maximum absolute atomic E-state index is 12.3. The van der Waals surface area contributed by atoms with Gasteiger partial charge in [0.15, 0.2) is 0 Å². The molecule has 1 fully saturated rings. The third kappa shape index (κ3) is 4.04. The van der Waals surface area contributed by atoms with Gasteiger partial charge in [-0.1, -0.05) is 54.6 Å². The van der Waals surface area contributed by atoms with Crippen LogP contribution in [0.3, 0.4) is 0 Å². The number of carbonyl (C=O) groups excluding carboxylic acids is 1. The van der Waals surface area contributed by atoms with E-state index >= 15 is 0 Å². The largest absolute Gasteiger partial charge is 0.354 e. The van der Waals surface area contributed by atoms with Crippen molar-refractivity contribution in [2.24, 2.45) is 0 Å². The number of benzene rings is 2. The van der Waals surface area contributed by atoms with Gasteiger partial charge in [0, 0.05) is 18.5 Å². The SMILES string of the molecule is Cc1ccccc1CN(C)CC(=O)NCC1(c2ccccc2)CC1. The Bertz CT molecular complexity index is 692. The van der Waals surface area contributed by atoms with Crippen molar-refractivity contribution in [3.8, 4) is 0 Å². The lowest BCUT2D eigenvalue weighted by molar-refractivity contribution is -0.122. The van der Waals surface area contributed by atoms with E-state index < -0.39 is 0 Å². The number of carbonyl (C=O) groups is 1. The Morgan fingerprint density at radius 1 is 1.08 bits per heavy atom. The number of hydrogen-bond acceptors (Lipinski definition) is 2. The van der Waals surface area contributed by atoms with Gasteiger partial charge >= 0.3 is 0 Å². The summed E-state index contributed by atoms with van der Waals surface area (Å²) in [5.74, 6) is 0.105. The number of nitrogens with zero attached hydrogens (tertiary/aromatic N) is 1. The number of aryl methyl sites for hydroxylation is 1. The Hall–Kier alpha value is -2.13. The molecule has 1 saturated carbocycles. The van der Waals surface area contributed by atoms with E-state index in [1.165, 1.54) is 16.7 Å². The average Bonchev–Trinajstić information content (AvgIpc) is 3.37. The van der Waals surface area contributed by atoms with Crippen LogP contribution in [-0.4, -0.2) is 30.9 Å². The van der Waals surface area contributed by atoms with Crippen LogP contribution in [0.15, 0.2) is 54.6 Å². The van der Waals surface area contributed by atoms with Crippen molar-refractivity contribution in [2.45, 2.75) is 31.7 Å². The quantitative estimate of drug-likeness (QED) is 0.848. The van der Waals surface area contributed by atoms with Crippen molar-refractivity contribution in [1.29, 1.82) is 0 Å². The first-order valence-electron chi connectivity index (χ1n) is 8.64. The molecule has 1 amide bonds. The van der Waals surface area contributed by atoms with Crippen LogP contribution in [0.4, 0.5) is 0 Å². The van der Waals surface area contributed by atoms with E-state index in [0.717, 1.165) is 25.9 Å². The Morgan fingerprint density at radius 3 is 2.42 bits per heavy atom. The lowest BCUT2D eigenvalue weighted by Gasteiger charge is -2.20. The minimum atomic E-state index is 0.105. The van der Waals surface area contributed by atoms with Crippen molar-refractivity contribution in [1.82, 2.24) is 10.2 Å². The molecule has 0 unspecified atom stereocenters. The van der Waals surface area contributed by atoms with Crippen LogP contribution < -0.4 is 5.32 Å². The minimum absolute atomic E-state index is 0.105. The fourth-order valence-electron chi connectivity index (χ4n) is 3.21. The van der Waals surface area contributed by atoms with Gasteiger partial charge in [-0.15, -0.1) is 0 Å². The van der Waals surface area contributed by atoms with Crippen LogP contribution in [0, 0.1) is 6.92 Å². The summed E-state index contributed by atoms with van der Waals surface area (Å²) in [5.41, 5.74) is 4.06. The van der Waals surface area contributed by atoms with E-state index in [4.69, 9.17) is 0 Å². The Balaban J connectivity index is 1.49. The highest BCUT2D eigenvalue weighted by Gasteiger charge is 2.44. The Morgan fingerprint density at radius 2 is 1.75 bits per heavy atom. The second-order valence-corrected chi connectivity index (χ2v) is 7.02.